The Labute approximate surface area is 155 Å². The molecule has 4 nitrogen and oxygen atoms in total. The molecule has 1 saturated carbocycles. The maximum Gasteiger partial charge on any atom is 0.238 e. The van der Waals surface area contributed by atoms with Crippen molar-refractivity contribution >= 4 is 11.6 Å². The van der Waals surface area contributed by atoms with E-state index < -0.39 is 0 Å². The Balaban J connectivity index is 1.61. The van der Waals surface area contributed by atoms with Crippen molar-refractivity contribution < 1.29 is 4.79 Å². The fourth-order valence-electron chi connectivity index (χ4n) is 3.05. The van der Waals surface area contributed by atoms with Crippen LogP contribution in [0.3, 0.4) is 0 Å². The van der Waals surface area contributed by atoms with Crippen molar-refractivity contribution in [1.82, 2.24) is 4.90 Å². The van der Waals surface area contributed by atoms with Gasteiger partial charge in [0.05, 0.1) is 18.2 Å². The lowest BCUT2D eigenvalue weighted by atomic mass is 10.0. The molecule has 0 unspecified atom stereocenters. The van der Waals surface area contributed by atoms with Crippen LogP contribution in [-0.4, -0.2) is 23.4 Å². The van der Waals surface area contributed by atoms with Crippen molar-refractivity contribution in [3.63, 3.8) is 0 Å². The Hall–Kier alpha value is -2.64. The lowest BCUT2D eigenvalue weighted by Gasteiger charge is -2.22. The molecule has 0 atom stereocenters. The number of hydrogen-bond donors (Lipinski definition) is 1. The minimum atomic E-state index is -0.0363. The van der Waals surface area contributed by atoms with E-state index in [2.05, 4.69) is 54.4 Å². The third-order valence-electron chi connectivity index (χ3n) is 4.72. The maximum atomic E-state index is 12.5. The second-order valence-corrected chi connectivity index (χ2v) is 7.27. The van der Waals surface area contributed by atoms with Crippen LogP contribution < -0.4 is 5.32 Å². The minimum Gasteiger partial charge on any atom is -0.325 e. The van der Waals surface area contributed by atoms with Gasteiger partial charge >= 0.3 is 0 Å². The van der Waals surface area contributed by atoms with Gasteiger partial charge in [-0.1, -0.05) is 44.2 Å². The molecule has 1 fully saturated rings. The van der Waals surface area contributed by atoms with Crippen LogP contribution in [0.5, 0.6) is 0 Å². The molecule has 0 spiro atoms. The first-order valence-electron chi connectivity index (χ1n) is 9.18. The van der Waals surface area contributed by atoms with Gasteiger partial charge in [0, 0.05) is 18.3 Å². The average molecular weight is 347 g/mol. The molecule has 0 aromatic heterocycles. The van der Waals surface area contributed by atoms with Crippen LogP contribution in [0, 0.1) is 11.3 Å². The number of nitriles is 1. The third kappa shape index (κ3) is 4.93. The summed E-state index contributed by atoms with van der Waals surface area (Å²) in [6.45, 7) is 5.54. The number of benzene rings is 2. The summed E-state index contributed by atoms with van der Waals surface area (Å²) in [6.07, 6.45) is 2.31. The second kappa shape index (κ2) is 8.16. The molecule has 1 amide bonds. The van der Waals surface area contributed by atoms with Gasteiger partial charge in [-0.15, -0.1) is 0 Å². The van der Waals surface area contributed by atoms with E-state index in [1.807, 2.05) is 6.07 Å². The average Bonchev–Trinajstić information content (AvgIpc) is 3.47. The normalized spacial score (nSPS) is 13.7. The highest BCUT2D eigenvalue weighted by Gasteiger charge is 2.30. The Kier molecular flexibility index (Phi) is 5.70. The van der Waals surface area contributed by atoms with Crippen molar-refractivity contribution in [2.75, 3.05) is 11.9 Å². The lowest BCUT2D eigenvalue weighted by molar-refractivity contribution is -0.117. The largest absolute Gasteiger partial charge is 0.325 e. The van der Waals surface area contributed by atoms with Crippen molar-refractivity contribution in [2.45, 2.75) is 45.2 Å². The van der Waals surface area contributed by atoms with E-state index in [1.165, 1.54) is 11.1 Å². The number of carbonyl (C=O) groups excluding carboxylic acids is 1. The molecule has 2 aromatic rings. The van der Waals surface area contributed by atoms with Gasteiger partial charge in [0.1, 0.15) is 0 Å². The van der Waals surface area contributed by atoms with Crippen LogP contribution >= 0.6 is 0 Å². The number of nitrogens with zero attached hydrogens (tertiary/aromatic N) is 2. The van der Waals surface area contributed by atoms with Gasteiger partial charge in [-0.05, 0) is 48.1 Å². The number of nitrogens with one attached hydrogen (secondary N) is 1. The molecule has 0 heterocycles. The summed E-state index contributed by atoms with van der Waals surface area (Å²) in [7, 11) is 0. The topological polar surface area (TPSA) is 56.1 Å². The van der Waals surface area contributed by atoms with Crippen LogP contribution in [-0.2, 0) is 11.3 Å². The van der Waals surface area contributed by atoms with E-state index in [1.54, 1.807) is 18.2 Å². The molecule has 0 aliphatic heterocycles. The molecule has 3 rings (SSSR count). The van der Waals surface area contributed by atoms with Gasteiger partial charge < -0.3 is 5.32 Å². The van der Waals surface area contributed by atoms with E-state index in [-0.39, 0.29) is 5.91 Å². The summed E-state index contributed by atoms with van der Waals surface area (Å²) >= 11 is 0. The number of rotatable bonds is 7. The Morgan fingerprint density at radius 1 is 1.23 bits per heavy atom. The highest BCUT2D eigenvalue weighted by molar-refractivity contribution is 5.92. The van der Waals surface area contributed by atoms with Crippen LogP contribution in [0.15, 0.2) is 48.5 Å². The quantitative estimate of drug-likeness (QED) is 0.813. The van der Waals surface area contributed by atoms with Crippen LogP contribution in [0.2, 0.25) is 0 Å². The van der Waals surface area contributed by atoms with E-state index in [9.17, 15) is 4.79 Å². The fourth-order valence-corrected chi connectivity index (χ4v) is 3.05. The first kappa shape index (κ1) is 18.2. The minimum absolute atomic E-state index is 0.0363. The monoisotopic (exact) mass is 347 g/mol. The van der Waals surface area contributed by atoms with E-state index in [4.69, 9.17) is 5.26 Å². The molecular formula is C22H25N3O. The number of amides is 1. The smallest absolute Gasteiger partial charge is 0.238 e. The highest BCUT2D eigenvalue weighted by atomic mass is 16.2. The predicted octanol–water partition coefficient (Wildman–Crippen LogP) is 4.28. The summed E-state index contributed by atoms with van der Waals surface area (Å²) < 4.78 is 0. The van der Waals surface area contributed by atoms with Crippen molar-refractivity contribution in [1.29, 1.82) is 5.26 Å². The zero-order valence-electron chi connectivity index (χ0n) is 15.4. The van der Waals surface area contributed by atoms with Crippen LogP contribution in [0.25, 0.3) is 0 Å². The van der Waals surface area contributed by atoms with Gasteiger partial charge in [0.2, 0.25) is 5.91 Å². The predicted molar refractivity (Wildman–Crippen MR) is 104 cm³/mol. The lowest BCUT2D eigenvalue weighted by Crippen LogP contribution is -2.34. The molecule has 0 radical (unpaired) electrons. The number of carbonyl (C=O) groups is 1. The Morgan fingerprint density at radius 2 is 1.96 bits per heavy atom. The standard InChI is InChI=1S/C22H25N3O/c1-16(2)19-8-6-17(7-9-19)14-25(21-10-11-21)15-22(26)24-20-5-3-4-18(12-20)13-23/h3-9,12,16,21H,10-11,14-15H2,1-2H3,(H,24,26). The zero-order chi connectivity index (χ0) is 18.5. The van der Waals surface area contributed by atoms with Crippen LogP contribution in [0.4, 0.5) is 5.69 Å². The summed E-state index contributed by atoms with van der Waals surface area (Å²) in [5.74, 6) is 0.490. The highest BCUT2D eigenvalue weighted by Crippen LogP contribution is 2.28. The van der Waals surface area contributed by atoms with Gasteiger partial charge in [0.15, 0.2) is 0 Å². The van der Waals surface area contributed by atoms with Crippen LogP contribution in [0.1, 0.15) is 49.3 Å². The molecule has 0 bridgehead atoms. The number of hydrogen-bond acceptors (Lipinski definition) is 3. The van der Waals surface area contributed by atoms with E-state index >= 15 is 0 Å². The molecule has 1 aliphatic rings. The molecule has 134 valence electrons. The summed E-state index contributed by atoms with van der Waals surface area (Å²) in [4.78, 5) is 14.7. The third-order valence-corrected chi connectivity index (χ3v) is 4.72. The SMILES string of the molecule is CC(C)c1ccc(CN(CC(=O)Nc2cccc(C#N)c2)C2CC2)cc1. The Bertz CT molecular complexity index is 801. The van der Waals surface area contributed by atoms with Crippen molar-refractivity contribution in [3.8, 4) is 6.07 Å². The first-order valence-corrected chi connectivity index (χ1v) is 9.18. The molecule has 1 aliphatic carbocycles. The van der Waals surface area contributed by atoms with Gasteiger partial charge in [0.25, 0.3) is 0 Å². The molecule has 26 heavy (non-hydrogen) atoms. The zero-order valence-corrected chi connectivity index (χ0v) is 15.4. The molecule has 1 N–H and O–H groups in total. The fraction of sp³-hybridized carbons (Fsp3) is 0.364. The molecular weight excluding hydrogens is 322 g/mol. The second-order valence-electron chi connectivity index (χ2n) is 7.27. The summed E-state index contributed by atoms with van der Waals surface area (Å²) in [6, 6.07) is 18.3. The van der Waals surface area contributed by atoms with E-state index in [0.717, 1.165) is 19.4 Å². The Morgan fingerprint density at radius 3 is 2.58 bits per heavy atom. The first-order chi connectivity index (χ1) is 12.5. The maximum absolute atomic E-state index is 12.5. The summed E-state index contributed by atoms with van der Waals surface area (Å²) in [5.41, 5.74) is 3.79. The molecule has 0 saturated heterocycles. The van der Waals surface area contributed by atoms with Gasteiger partial charge in [-0.25, -0.2) is 0 Å². The van der Waals surface area contributed by atoms with Gasteiger partial charge in [-0.3, -0.25) is 9.69 Å². The van der Waals surface area contributed by atoms with Crippen molar-refractivity contribution in [2.24, 2.45) is 0 Å². The summed E-state index contributed by atoms with van der Waals surface area (Å²) in [5, 5.41) is 11.9. The van der Waals surface area contributed by atoms with Crippen molar-refractivity contribution in [3.05, 3.63) is 65.2 Å². The number of anilines is 1. The molecule has 2 aromatic carbocycles. The van der Waals surface area contributed by atoms with Gasteiger partial charge in [-0.2, -0.15) is 5.26 Å². The molecule has 4 heteroatoms. The van der Waals surface area contributed by atoms with E-state index in [0.29, 0.717) is 29.8 Å².